The molecule has 0 spiro atoms. The summed E-state index contributed by atoms with van der Waals surface area (Å²) >= 11 is 0. The van der Waals surface area contributed by atoms with Crippen molar-refractivity contribution < 1.29 is 44.1 Å². The fourth-order valence-electron chi connectivity index (χ4n) is 3.10. The van der Waals surface area contributed by atoms with Crippen molar-refractivity contribution in [1.82, 2.24) is 10.2 Å². The van der Waals surface area contributed by atoms with Crippen LogP contribution in [0.4, 0.5) is 27.6 Å². The summed E-state index contributed by atoms with van der Waals surface area (Å²) < 4.78 is 117. The van der Waals surface area contributed by atoms with Crippen molar-refractivity contribution in [2.75, 3.05) is 17.8 Å². The number of anilines is 1. The minimum absolute atomic E-state index is 0.0193. The zero-order valence-corrected chi connectivity index (χ0v) is 20.7. The standard InChI is InChI=1S/C21H17F5N4O5S2/c1-10-15(19(31)28-11-5-4-6-12(9-11)36(2,27)32)20(30-29-18(10)21(24,25)26)35-13-7-8-14(37(3,33)34)17(23)16(13)22/h4-9,27H,1-3H3,(H,28,31). The number of hydrogen-bond donors (Lipinski definition) is 2. The number of carbonyl (C=O) groups is 1. The van der Waals surface area contributed by atoms with Gasteiger partial charge in [0.05, 0.1) is 9.73 Å². The van der Waals surface area contributed by atoms with E-state index in [4.69, 9.17) is 9.52 Å². The Labute approximate surface area is 207 Å². The number of amides is 1. The van der Waals surface area contributed by atoms with Crippen LogP contribution < -0.4 is 10.1 Å². The summed E-state index contributed by atoms with van der Waals surface area (Å²) in [6.07, 6.45) is -3.29. The molecular weight excluding hydrogens is 547 g/mol. The van der Waals surface area contributed by atoms with Gasteiger partial charge in [0.2, 0.25) is 5.82 Å². The molecule has 2 aromatic carbocycles. The van der Waals surface area contributed by atoms with Crippen molar-refractivity contribution in [2.24, 2.45) is 0 Å². The van der Waals surface area contributed by atoms with Gasteiger partial charge in [0.1, 0.15) is 10.5 Å². The Kier molecular flexibility index (Phi) is 7.29. The zero-order chi connectivity index (χ0) is 27.9. The number of alkyl halides is 3. The largest absolute Gasteiger partial charge is 0.435 e. The first-order valence-corrected chi connectivity index (χ1v) is 13.7. The van der Waals surface area contributed by atoms with E-state index in [-0.39, 0.29) is 10.6 Å². The average molecular weight is 565 g/mol. The van der Waals surface area contributed by atoms with Crippen molar-refractivity contribution in [2.45, 2.75) is 22.9 Å². The number of nitrogens with one attached hydrogen (secondary N) is 2. The van der Waals surface area contributed by atoms with Gasteiger partial charge in [-0.2, -0.15) is 17.6 Å². The Bertz CT molecular complexity index is 1620. The minimum atomic E-state index is -5.04. The number of nitrogens with zero attached hydrogens (tertiary/aromatic N) is 2. The molecule has 0 aliphatic rings. The quantitative estimate of drug-likeness (QED) is 0.418. The van der Waals surface area contributed by atoms with E-state index in [0.717, 1.165) is 13.2 Å². The van der Waals surface area contributed by atoms with Gasteiger partial charge in [-0.05, 0) is 42.8 Å². The van der Waals surface area contributed by atoms with Crippen LogP contribution in [0.2, 0.25) is 0 Å². The average Bonchev–Trinajstić information content (AvgIpc) is 2.74. The minimum Gasteiger partial charge on any atom is -0.434 e. The van der Waals surface area contributed by atoms with Crippen LogP contribution in [0.25, 0.3) is 0 Å². The number of rotatable bonds is 6. The molecule has 3 rings (SSSR count). The van der Waals surface area contributed by atoms with E-state index in [1.165, 1.54) is 24.3 Å². The topological polar surface area (TPSA) is 139 Å². The summed E-state index contributed by atoms with van der Waals surface area (Å²) in [5, 5.41) is 8.48. The van der Waals surface area contributed by atoms with Gasteiger partial charge >= 0.3 is 6.18 Å². The van der Waals surface area contributed by atoms with Crippen LogP contribution in [-0.4, -0.2) is 41.2 Å². The molecule has 16 heteroatoms. The molecule has 198 valence electrons. The van der Waals surface area contributed by atoms with E-state index in [0.29, 0.717) is 18.4 Å². The highest BCUT2D eigenvalue weighted by Gasteiger charge is 2.38. The fraction of sp³-hybridized carbons (Fsp3) is 0.190. The van der Waals surface area contributed by atoms with Crippen molar-refractivity contribution >= 4 is 31.2 Å². The first-order chi connectivity index (χ1) is 16.9. The molecule has 0 radical (unpaired) electrons. The predicted octanol–water partition coefficient (Wildman–Crippen LogP) is 4.57. The first-order valence-electron chi connectivity index (χ1n) is 9.87. The lowest BCUT2D eigenvalue weighted by atomic mass is 10.1. The molecule has 0 aliphatic carbocycles. The summed E-state index contributed by atoms with van der Waals surface area (Å²) in [6, 6.07) is 6.53. The Morgan fingerprint density at radius 1 is 1.03 bits per heavy atom. The van der Waals surface area contributed by atoms with E-state index in [1.807, 2.05) is 0 Å². The van der Waals surface area contributed by atoms with Crippen LogP contribution in [0.3, 0.4) is 0 Å². The van der Waals surface area contributed by atoms with Crippen LogP contribution in [-0.2, 0) is 25.7 Å². The highest BCUT2D eigenvalue weighted by molar-refractivity contribution is 7.91. The maximum absolute atomic E-state index is 14.5. The third kappa shape index (κ3) is 6.02. The Morgan fingerprint density at radius 2 is 1.68 bits per heavy atom. The maximum Gasteiger partial charge on any atom is 0.435 e. The maximum atomic E-state index is 14.5. The Balaban J connectivity index is 2.12. The smallest absolute Gasteiger partial charge is 0.434 e. The highest BCUT2D eigenvalue weighted by Crippen LogP contribution is 2.36. The number of ether oxygens (including phenoxy) is 1. The second-order valence-corrected chi connectivity index (χ2v) is 11.9. The monoisotopic (exact) mass is 564 g/mol. The van der Waals surface area contributed by atoms with Gasteiger partial charge in [-0.25, -0.2) is 21.8 Å². The van der Waals surface area contributed by atoms with E-state index in [9.17, 15) is 39.4 Å². The van der Waals surface area contributed by atoms with Gasteiger partial charge < -0.3 is 10.1 Å². The molecule has 2 N–H and O–H groups in total. The molecule has 37 heavy (non-hydrogen) atoms. The Hall–Kier alpha value is -3.66. The summed E-state index contributed by atoms with van der Waals surface area (Å²) in [5.41, 5.74) is -3.21. The van der Waals surface area contributed by atoms with Gasteiger partial charge in [0.25, 0.3) is 11.8 Å². The summed E-state index contributed by atoms with van der Waals surface area (Å²) in [4.78, 5) is 12.1. The second kappa shape index (κ2) is 9.66. The summed E-state index contributed by atoms with van der Waals surface area (Å²) in [7, 11) is -7.37. The molecular formula is C21H17F5N4O5S2. The van der Waals surface area contributed by atoms with Gasteiger partial charge in [-0.15, -0.1) is 10.2 Å². The molecule has 9 nitrogen and oxygen atoms in total. The summed E-state index contributed by atoms with van der Waals surface area (Å²) in [5.74, 6) is -6.75. The van der Waals surface area contributed by atoms with Crippen molar-refractivity contribution in [1.29, 1.82) is 4.78 Å². The number of aromatic nitrogens is 2. The molecule has 0 aliphatic heterocycles. The number of halogens is 5. The molecule has 1 aromatic heterocycles. The van der Waals surface area contributed by atoms with Crippen molar-refractivity contribution in [3.05, 3.63) is 64.9 Å². The van der Waals surface area contributed by atoms with E-state index in [2.05, 4.69) is 15.5 Å². The van der Waals surface area contributed by atoms with E-state index in [1.54, 1.807) is 0 Å². The van der Waals surface area contributed by atoms with Crippen LogP contribution in [0.1, 0.15) is 21.6 Å². The lowest BCUT2D eigenvalue weighted by Crippen LogP contribution is -2.21. The van der Waals surface area contributed by atoms with Crippen LogP contribution >= 0.6 is 0 Å². The molecule has 1 atom stereocenters. The number of sulfone groups is 1. The molecule has 0 fully saturated rings. The lowest BCUT2D eigenvalue weighted by Gasteiger charge is -2.16. The third-order valence-corrected chi connectivity index (χ3v) is 7.11. The molecule has 3 aromatic rings. The van der Waals surface area contributed by atoms with E-state index >= 15 is 0 Å². The SMILES string of the molecule is Cc1c(C(F)(F)F)nnc(Oc2ccc(S(C)(=O)=O)c(F)c2F)c1C(=O)Nc1cccc(S(C)(=N)=O)c1. The Morgan fingerprint density at radius 3 is 2.24 bits per heavy atom. The van der Waals surface area contributed by atoms with Crippen LogP contribution in [0, 0.1) is 23.3 Å². The van der Waals surface area contributed by atoms with Gasteiger partial charge in [0.15, 0.2) is 27.1 Å². The predicted molar refractivity (Wildman–Crippen MR) is 121 cm³/mol. The summed E-state index contributed by atoms with van der Waals surface area (Å²) in [6.45, 7) is 0.877. The number of carbonyl (C=O) groups excluding carboxylic acids is 1. The normalized spacial score (nSPS) is 13.6. The van der Waals surface area contributed by atoms with Gasteiger partial charge in [0, 0.05) is 23.1 Å². The highest BCUT2D eigenvalue weighted by atomic mass is 32.2. The molecule has 1 amide bonds. The molecule has 0 saturated heterocycles. The van der Waals surface area contributed by atoms with Crippen molar-refractivity contribution in [3.8, 4) is 11.6 Å². The molecule has 0 bridgehead atoms. The number of benzene rings is 2. The van der Waals surface area contributed by atoms with Gasteiger partial charge in [-0.1, -0.05) is 6.07 Å². The third-order valence-electron chi connectivity index (χ3n) is 4.84. The van der Waals surface area contributed by atoms with E-state index < -0.39 is 76.6 Å². The molecule has 1 heterocycles. The van der Waals surface area contributed by atoms with Crippen molar-refractivity contribution in [3.63, 3.8) is 0 Å². The fourth-order valence-corrected chi connectivity index (χ4v) is 4.52. The van der Waals surface area contributed by atoms with Gasteiger partial charge in [-0.3, -0.25) is 4.79 Å². The molecule has 0 saturated carbocycles. The zero-order valence-electron chi connectivity index (χ0n) is 19.1. The first kappa shape index (κ1) is 27.9. The number of hydrogen-bond acceptors (Lipinski definition) is 8. The second-order valence-electron chi connectivity index (χ2n) is 7.74. The molecule has 1 unspecified atom stereocenters. The van der Waals surface area contributed by atoms with Crippen LogP contribution in [0.15, 0.2) is 46.2 Å². The lowest BCUT2D eigenvalue weighted by molar-refractivity contribution is -0.142. The van der Waals surface area contributed by atoms with Crippen LogP contribution in [0.5, 0.6) is 11.6 Å².